The van der Waals surface area contributed by atoms with Gasteiger partial charge in [0, 0.05) is 23.5 Å². The van der Waals surface area contributed by atoms with Gasteiger partial charge in [0.15, 0.2) is 0 Å². The van der Waals surface area contributed by atoms with Crippen LogP contribution in [0, 0.1) is 0 Å². The van der Waals surface area contributed by atoms with Crippen molar-refractivity contribution in [2.24, 2.45) is 0 Å². The zero-order valence-corrected chi connectivity index (χ0v) is 10.6. The second-order valence-corrected chi connectivity index (χ2v) is 5.55. The van der Waals surface area contributed by atoms with E-state index in [1.165, 1.54) is 5.01 Å². The van der Waals surface area contributed by atoms with Gasteiger partial charge in [0.05, 0.1) is 5.01 Å². The van der Waals surface area contributed by atoms with Gasteiger partial charge < -0.3 is 5.32 Å². The van der Waals surface area contributed by atoms with Crippen molar-refractivity contribution < 1.29 is 0 Å². The van der Waals surface area contributed by atoms with Crippen molar-refractivity contribution in [3.05, 3.63) is 28.7 Å². The van der Waals surface area contributed by atoms with Gasteiger partial charge in [-0.3, -0.25) is 0 Å². The highest BCUT2D eigenvalue weighted by Gasteiger charge is 2.05. The SMILES string of the molecule is CC(C)(C)NCCC=CCc1nccs1. The Morgan fingerprint density at radius 3 is 2.80 bits per heavy atom. The van der Waals surface area contributed by atoms with Crippen LogP contribution in [0.2, 0.25) is 0 Å². The monoisotopic (exact) mass is 224 g/mol. The minimum absolute atomic E-state index is 0.225. The molecule has 84 valence electrons. The Labute approximate surface area is 96.4 Å². The highest BCUT2D eigenvalue weighted by Crippen LogP contribution is 2.05. The highest BCUT2D eigenvalue weighted by atomic mass is 32.1. The molecule has 0 radical (unpaired) electrons. The molecule has 0 amide bonds. The Morgan fingerprint density at radius 2 is 2.20 bits per heavy atom. The lowest BCUT2D eigenvalue weighted by Gasteiger charge is -2.19. The van der Waals surface area contributed by atoms with Crippen LogP contribution in [0.3, 0.4) is 0 Å². The summed E-state index contributed by atoms with van der Waals surface area (Å²) in [5, 5.41) is 6.66. The average molecular weight is 224 g/mol. The summed E-state index contributed by atoms with van der Waals surface area (Å²) in [7, 11) is 0. The molecule has 0 aliphatic carbocycles. The van der Waals surface area contributed by atoms with E-state index in [9.17, 15) is 0 Å². The maximum Gasteiger partial charge on any atom is 0.0962 e. The molecule has 0 unspecified atom stereocenters. The summed E-state index contributed by atoms with van der Waals surface area (Å²) >= 11 is 1.71. The van der Waals surface area contributed by atoms with E-state index < -0.39 is 0 Å². The molecule has 1 aromatic rings. The van der Waals surface area contributed by atoms with Crippen molar-refractivity contribution in [1.82, 2.24) is 10.3 Å². The average Bonchev–Trinajstić information content (AvgIpc) is 2.61. The number of aromatic nitrogens is 1. The fraction of sp³-hybridized carbons (Fsp3) is 0.583. The highest BCUT2D eigenvalue weighted by molar-refractivity contribution is 7.09. The van der Waals surface area contributed by atoms with E-state index >= 15 is 0 Å². The predicted octanol–water partition coefficient (Wildman–Crippen LogP) is 3.02. The number of hydrogen-bond acceptors (Lipinski definition) is 3. The van der Waals surface area contributed by atoms with Crippen LogP contribution in [0.5, 0.6) is 0 Å². The lowest BCUT2D eigenvalue weighted by atomic mass is 10.1. The van der Waals surface area contributed by atoms with Gasteiger partial charge in [0.1, 0.15) is 0 Å². The molecule has 0 fully saturated rings. The van der Waals surface area contributed by atoms with Crippen LogP contribution in [0.25, 0.3) is 0 Å². The Bertz CT molecular complexity index is 283. The number of nitrogens with one attached hydrogen (secondary N) is 1. The van der Waals surface area contributed by atoms with E-state index in [0.717, 1.165) is 19.4 Å². The van der Waals surface area contributed by atoms with Gasteiger partial charge in [-0.25, -0.2) is 4.98 Å². The van der Waals surface area contributed by atoms with Crippen molar-refractivity contribution in [3.63, 3.8) is 0 Å². The summed E-state index contributed by atoms with van der Waals surface area (Å²) in [5.41, 5.74) is 0.225. The maximum atomic E-state index is 4.22. The molecule has 1 N–H and O–H groups in total. The maximum absolute atomic E-state index is 4.22. The van der Waals surface area contributed by atoms with Gasteiger partial charge in [-0.1, -0.05) is 12.2 Å². The summed E-state index contributed by atoms with van der Waals surface area (Å²) in [6.45, 7) is 7.60. The zero-order valence-electron chi connectivity index (χ0n) is 9.79. The molecule has 0 saturated heterocycles. The van der Waals surface area contributed by atoms with E-state index in [1.54, 1.807) is 11.3 Å². The molecule has 0 atom stereocenters. The molecule has 1 heterocycles. The van der Waals surface area contributed by atoms with Crippen molar-refractivity contribution in [1.29, 1.82) is 0 Å². The van der Waals surface area contributed by atoms with Crippen LogP contribution in [0.15, 0.2) is 23.7 Å². The summed E-state index contributed by atoms with van der Waals surface area (Å²) in [5.74, 6) is 0. The smallest absolute Gasteiger partial charge is 0.0962 e. The minimum Gasteiger partial charge on any atom is -0.312 e. The second-order valence-electron chi connectivity index (χ2n) is 4.57. The van der Waals surface area contributed by atoms with Crippen LogP contribution in [-0.2, 0) is 6.42 Å². The molecule has 0 aliphatic heterocycles. The lowest BCUT2D eigenvalue weighted by molar-refractivity contribution is 0.431. The van der Waals surface area contributed by atoms with Crippen LogP contribution >= 0.6 is 11.3 Å². The molecular weight excluding hydrogens is 204 g/mol. The van der Waals surface area contributed by atoms with E-state index in [4.69, 9.17) is 0 Å². The minimum atomic E-state index is 0.225. The molecule has 2 nitrogen and oxygen atoms in total. The third-order valence-corrected chi connectivity index (χ3v) is 2.71. The first-order valence-corrected chi connectivity index (χ1v) is 6.24. The van der Waals surface area contributed by atoms with Gasteiger partial charge in [-0.05, 0) is 33.7 Å². The van der Waals surface area contributed by atoms with Crippen LogP contribution < -0.4 is 5.32 Å². The van der Waals surface area contributed by atoms with E-state index in [1.807, 2.05) is 11.6 Å². The van der Waals surface area contributed by atoms with Crippen molar-refractivity contribution in [2.75, 3.05) is 6.54 Å². The summed E-state index contributed by atoms with van der Waals surface area (Å²) in [6, 6.07) is 0. The molecule has 0 bridgehead atoms. The molecule has 1 aromatic heterocycles. The molecule has 0 aliphatic rings. The summed E-state index contributed by atoms with van der Waals surface area (Å²) in [6.07, 6.45) is 8.33. The topological polar surface area (TPSA) is 24.9 Å². The first-order valence-electron chi connectivity index (χ1n) is 5.36. The molecule has 0 spiro atoms. The largest absolute Gasteiger partial charge is 0.312 e. The fourth-order valence-corrected chi connectivity index (χ4v) is 1.78. The zero-order chi connectivity index (χ0) is 11.1. The quantitative estimate of drug-likeness (QED) is 0.614. The first-order chi connectivity index (χ1) is 7.08. The first kappa shape index (κ1) is 12.4. The molecular formula is C12H20N2S. The molecule has 1 rings (SSSR count). The standard InChI is InChI=1S/C12H20N2S/c1-12(2,3)14-8-6-4-5-7-11-13-9-10-15-11/h4-5,9-10,14H,6-8H2,1-3H3. The molecule has 3 heteroatoms. The Morgan fingerprint density at radius 1 is 1.40 bits per heavy atom. The van der Waals surface area contributed by atoms with Crippen LogP contribution in [-0.4, -0.2) is 17.1 Å². The van der Waals surface area contributed by atoms with E-state index in [-0.39, 0.29) is 5.54 Å². The van der Waals surface area contributed by atoms with Crippen LogP contribution in [0.4, 0.5) is 0 Å². The number of nitrogens with zero attached hydrogens (tertiary/aromatic N) is 1. The summed E-state index contributed by atoms with van der Waals surface area (Å²) < 4.78 is 0. The van der Waals surface area contributed by atoms with Gasteiger partial charge >= 0.3 is 0 Å². The fourth-order valence-electron chi connectivity index (χ4n) is 1.19. The lowest BCUT2D eigenvalue weighted by Crippen LogP contribution is -2.36. The Hall–Kier alpha value is -0.670. The third-order valence-electron chi connectivity index (χ3n) is 1.91. The molecule has 15 heavy (non-hydrogen) atoms. The second kappa shape index (κ2) is 6.03. The van der Waals surface area contributed by atoms with Gasteiger partial charge in [-0.15, -0.1) is 11.3 Å². The van der Waals surface area contributed by atoms with Crippen molar-refractivity contribution in [3.8, 4) is 0 Å². The number of thiazole rings is 1. The normalized spacial score (nSPS) is 12.5. The van der Waals surface area contributed by atoms with Crippen molar-refractivity contribution >= 4 is 11.3 Å². The number of rotatable bonds is 5. The Balaban J connectivity index is 2.08. The predicted molar refractivity (Wildman–Crippen MR) is 67.3 cm³/mol. The molecule has 0 saturated carbocycles. The van der Waals surface area contributed by atoms with Crippen molar-refractivity contribution in [2.45, 2.75) is 39.2 Å². The van der Waals surface area contributed by atoms with E-state index in [0.29, 0.717) is 0 Å². The number of hydrogen-bond donors (Lipinski definition) is 1. The van der Waals surface area contributed by atoms with Gasteiger partial charge in [-0.2, -0.15) is 0 Å². The third kappa shape index (κ3) is 6.42. The Kier molecular flexibility index (Phi) is 4.99. The molecule has 0 aromatic carbocycles. The van der Waals surface area contributed by atoms with E-state index in [2.05, 4.69) is 43.2 Å². The van der Waals surface area contributed by atoms with Gasteiger partial charge in [0.2, 0.25) is 0 Å². The summed E-state index contributed by atoms with van der Waals surface area (Å²) in [4.78, 5) is 4.22. The van der Waals surface area contributed by atoms with Crippen LogP contribution in [0.1, 0.15) is 32.2 Å². The number of allylic oxidation sites excluding steroid dienone is 1. The van der Waals surface area contributed by atoms with Gasteiger partial charge in [0.25, 0.3) is 0 Å².